The Morgan fingerprint density at radius 3 is 1.83 bits per heavy atom. The van der Waals surface area contributed by atoms with Crippen LogP contribution in [0.15, 0.2) is 176 Å². The van der Waals surface area contributed by atoms with Crippen molar-refractivity contribution in [2.24, 2.45) is 0 Å². The topological polar surface area (TPSA) is 59.4 Å². The van der Waals surface area contributed by atoms with Crippen molar-refractivity contribution in [1.29, 1.82) is 5.26 Å². The van der Waals surface area contributed by atoms with Gasteiger partial charge in [-0.1, -0.05) is 115 Å². The summed E-state index contributed by atoms with van der Waals surface area (Å²) in [5, 5.41) is 14.5. The van der Waals surface area contributed by atoms with E-state index in [4.69, 9.17) is 9.97 Å². The Morgan fingerprint density at radius 2 is 1.04 bits per heavy atom. The molecule has 10 aromatic rings. The van der Waals surface area contributed by atoms with E-state index in [9.17, 15) is 5.26 Å². The van der Waals surface area contributed by atoms with Crippen molar-refractivity contribution in [3.63, 3.8) is 0 Å². The minimum Gasteiger partial charge on any atom is -0.309 e. The molecule has 0 radical (unpaired) electrons. The van der Waals surface area contributed by atoms with Crippen LogP contribution in [0.2, 0.25) is 0 Å². The largest absolute Gasteiger partial charge is 0.309 e. The predicted octanol–water partition coefficient (Wildman–Crippen LogP) is 11.5. The lowest BCUT2D eigenvalue weighted by Gasteiger charge is -2.13. The minimum atomic E-state index is 0.590. The lowest BCUT2D eigenvalue weighted by Crippen LogP contribution is -1.98. The van der Waals surface area contributed by atoms with Gasteiger partial charge in [0, 0.05) is 49.6 Å². The molecule has 3 heterocycles. The van der Waals surface area contributed by atoms with Crippen LogP contribution in [0, 0.1) is 11.3 Å². The Labute approximate surface area is 299 Å². The molecule has 7 aromatic carbocycles. The number of nitrogens with zero attached hydrogens (tertiary/aromatic N) is 5. The smallest absolute Gasteiger partial charge is 0.160 e. The zero-order chi connectivity index (χ0) is 34.6. The van der Waals surface area contributed by atoms with Crippen LogP contribution >= 0.6 is 0 Å². The summed E-state index contributed by atoms with van der Waals surface area (Å²) in [4.78, 5) is 10.2. The predicted molar refractivity (Wildman–Crippen MR) is 212 cm³/mol. The lowest BCUT2D eigenvalue weighted by molar-refractivity contribution is 1.16. The van der Waals surface area contributed by atoms with Gasteiger partial charge in [0.25, 0.3) is 0 Å². The quantitative estimate of drug-likeness (QED) is 0.184. The van der Waals surface area contributed by atoms with E-state index in [0.717, 1.165) is 56.0 Å². The molecule has 0 saturated carbocycles. The summed E-state index contributed by atoms with van der Waals surface area (Å²) in [6, 6.07) is 63.0. The normalized spacial score (nSPS) is 11.4. The average Bonchev–Trinajstić information content (AvgIpc) is 3.74. The Hall–Kier alpha value is -7.29. The monoisotopic (exact) mass is 663 g/mol. The third-order valence-corrected chi connectivity index (χ3v) is 9.93. The number of hydrogen-bond acceptors (Lipinski definition) is 3. The van der Waals surface area contributed by atoms with E-state index in [1.807, 2.05) is 48.5 Å². The van der Waals surface area contributed by atoms with Gasteiger partial charge in [-0.25, -0.2) is 9.97 Å². The SMILES string of the molecule is N#Cc1cccc(-c2cc(-c3ccccc3)nc(-c3cccc(-n4c5ccccc5c5ccc6c(c7ccccc7n6-c6ccccc6)c54)c3)n2)c1. The first-order valence-electron chi connectivity index (χ1n) is 17.3. The third-order valence-electron chi connectivity index (χ3n) is 9.93. The fourth-order valence-corrected chi connectivity index (χ4v) is 7.65. The van der Waals surface area contributed by atoms with Crippen LogP contribution in [0.3, 0.4) is 0 Å². The molecule has 0 spiro atoms. The van der Waals surface area contributed by atoms with Gasteiger partial charge in [0.05, 0.1) is 45.1 Å². The number of hydrogen-bond donors (Lipinski definition) is 0. The van der Waals surface area contributed by atoms with Crippen molar-refractivity contribution >= 4 is 43.6 Å². The van der Waals surface area contributed by atoms with Crippen molar-refractivity contribution in [3.05, 3.63) is 181 Å². The van der Waals surface area contributed by atoms with Crippen molar-refractivity contribution in [2.45, 2.75) is 0 Å². The van der Waals surface area contributed by atoms with Crippen molar-refractivity contribution < 1.29 is 0 Å². The summed E-state index contributed by atoms with van der Waals surface area (Å²) >= 11 is 0. The lowest BCUT2D eigenvalue weighted by atomic mass is 10.0. The Morgan fingerprint density at radius 1 is 0.423 bits per heavy atom. The second-order valence-corrected chi connectivity index (χ2v) is 13.0. The van der Waals surface area contributed by atoms with Crippen LogP contribution < -0.4 is 0 Å². The van der Waals surface area contributed by atoms with Gasteiger partial charge in [-0.3, -0.25) is 0 Å². The maximum atomic E-state index is 9.64. The maximum Gasteiger partial charge on any atom is 0.160 e. The number of rotatable bonds is 5. The van der Waals surface area contributed by atoms with Gasteiger partial charge in [-0.2, -0.15) is 5.26 Å². The summed E-state index contributed by atoms with van der Waals surface area (Å²) in [6.45, 7) is 0. The van der Waals surface area contributed by atoms with E-state index in [1.54, 1.807) is 0 Å². The summed E-state index contributed by atoms with van der Waals surface area (Å²) in [7, 11) is 0. The molecule has 0 bridgehead atoms. The summed E-state index contributed by atoms with van der Waals surface area (Å²) < 4.78 is 4.77. The van der Waals surface area contributed by atoms with Crippen molar-refractivity contribution in [1.82, 2.24) is 19.1 Å². The van der Waals surface area contributed by atoms with Gasteiger partial charge >= 0.3 is 0 Å². The molecule has 0 atom stereocenters. The Balaban J connectivity index is 1.24. The van der Waals surface area contributed by atoms with Crippen LogP contribution in [0.25, 0.3) is 88.9 Å². The highest BCUT2D eigenvalue weighted by Crippen LogP contribution is 2.42. The molecule has 3 aromatic heterocycles. The molecule has 10 rings (SSSR count). The average molecular weight is 664 g/mol. The van der Waals surface area contributed by atoms with Crippen LogP contribution in [-0.2, 0) is 0 Å². The van der Waals surface area contributed by atoms with E-state index in [0.29, 0.717) is 11.4 Å². The number of benzene rings is 7. The number of nitriles is 1. The molecule has 242 valence electrons. The van der Waals surface area contributed by atoms with Gasteiger partial charge < -0.3 is 9.13 Å². The molecule has 0 unspecified atom stereocenters. The molecule has 0 N–H and O–H groups in total. The van der Waals surface area contributed by atoms with Crippen molar-refractivity contribution in [2.75, 3.05) is 0 Å². The van der Waals surface area contributed by atoms with Gasteiger partial charge in [-0.15, -0.1) is 0 Å². The standard InChI is InChI=1S/C47H29N5/c48-30-31-13-11-16-33(27-31)41-29-40(32-14-3-1-4-15-32)49-47(50-41)34-17-12-20-36(28-34)52-42-23-9-7-21-37(42)38-25-26-44-45(46(38)52)39-22-8-10-24-43(39)51(44)35-18-5-2-6-19-35/h1-29H. The van der Waals surface area contributed by atoms with Crippen LogP contribution in [0.1, 0.15) is 5.56 Å². The molecule has 0 aliphatic carbocycles. The van der Waals surface area contributed by atoms with E-state index >= 15 is 0 Å². The van der Waals surface area contributed by atoms with Crippen LogP contribution in [0.5, 0.6) is 0 Å². The van der Waals surface area contributed by atoms with Crippen LogP contribution in [0.4, 0.5) is 0 Å². The first kappa shape index (κ1) is 29.6. The van der Waals surface area contributed by atoms with E-state index in [1.165, 1.54) is 27.1 Å². The van der Waals surface area contributed by atoms with Gasteiger partial charge in [0.2, 0.25) is 0 Å². The second kappa shape index (κ2) is 11.9. The summed E-state index contributed by atoms with van der Waals surface area (Å²) in [6.07, 6.45) is 0. The Bertz CT molecular complexity index is 3020. The van der Waals surface area contributed by atoms with Crippen LogP contribution in [-0.4, -0.2) is 19.1 Å². The maximum absolute atomic E-state index is 9.64. The first-order chi connectivity index (χ1) is 25.7. The number of para-hydroxylation sites is 3. The highest BCUT2D eigenvalue weighted by Gasteiger charge is 2.21. The van der Waals surface area contributed by atoms with E-state index in [-0.39, 0.29) is 0 Å². The first-order valence-corrected chi connectivity index (χ1v) is 17.3. The second-order valence-electron chi connectivity index (χ2n) is 13.0. The number of aromatic nitrogens is 4. The van der Waals surface area contributed by atoms with Gasteiger partial charge in [0.1, 0.15) is 0 Å². The van der Waals surface area contributed by atoms with Gasteiger partial charge in [0.15, 0.2) is 5.82 Å². The molecule has 52 heavy (non-hydrogen) atoms. The molecule has 5 nitrogen and oxygen atoms in total. The summed E-state index contributed by atoms with van der Waals surface area (Å²) in [5.41, 5.74) is 11.7. The third kappa shape index (κ3) is 4.70. The molecular weight excluding hydrogens is 635 g/mol. The van der Waals surface area contributed by atoms with Crippen molar-refractivity contribution in [3.8, 4) is 51.3 Å². The van der Waals surface area contributed by atoms with E-state index < -0.39 is 0 Å². The Kier molecular flexibility index (Phi) is 6.80. The molecule has 5 heteroatoms. The highest BCUT2D eigenvalue weighted by atomic mass is 15.0. The molecule has 0 aliphatic rings. The fraction of sp³-hybridized carbons (Fsp3) is 0. The minimum absolute atomic E-state index is 0.590. The molecule has 0 fully saturated rings. The molecule has 0 aliphatic heterocycles. The summed E-state index contributed by atoms with van der Waals surface area (Å²) in [5.74, 6) is 0.618. The van der Waals surface area contributed by atoms with Gasteiger partial charge in [-0.05, 0) is 60.7 Å². The zero-order valence-corrected chi connectivity index (χ0v) is 28.0. The molecule has 0 saturated heterocycles. The molecule has 0 amide bonds. The fourth-order valence-electron chi connectivity index (χ4n) is 7.65. The highest BCUT2D eigenvalue weighted by molar-refractivity contribution is 6.26. The molecular formula is C47H29N5. The van der Waals surface area contributed by atoms with E-state index in [2.05, 4.69) is 143 Å². The number of fused-ring (bicyclic) bond motifs is 7. The zero-order valence-electron chi connectivity index (χ0n) is 28.0.